The molecule has 0 spiro atoms. The SMILES string of the molecule is Sc1ccccc1-c1ccccc1C1CCCN1. The minimum absolute atomic E-state index is 0.495. The van der Waals surface area contributed by atoms with Crippen molar-refractivity contribution in [3.63, 3.8) is 0 Å². The van der Waals surface area contributed by atoms with Gasteiger partial charge in [0.1, 0.15) is 0 Å². The molecule has 18 heavy (non-hydrogen) atoms. The van der Waals surface area contributed by atoms with E-state index < -0.39 is 0 Å². The van der Waals surface area contributed by atoms with E-state index in [2.05, 4.69) is 60.4 Å². The van der Waals surface area contributed by atoms with E-state index in [0.29, 0.717) is 6.04 Å². The Labute approximate surface area is 114 Å². The third-order valence-corrected chi connectivity index (χ3v) is 3.98. The van der Waals surface area contributed by atoms with E-state index in [0.717, 1.165) is 11.4 Å². The maximum Gasteiger partial charge on any atom is 0.0326 e. The molecule has 1 aliphatic heterocycles. The van der Waals surface area contributed by atoms with Crippen LogP contribution in [0, 0.1) is 0 Å². The molecule has 2 heteroatoms. The first-order chi connectivity index (χ1) is 8.86. The molecule has 1 unspecified atom stereocenters. The fourth-order valence-electron chi connectivity index (χ4n) is 2.70. The van der Waals surface area contributed by atoms with Crippen molar-refractivity contribution in [3.8, 4) is 11.1 Å². The molecule has 0 aromatic heterocycles. The van der Waals surface area contributed by atoms with Crippen molar-refractivity contribution < 1.29 is 0 Å². The average Bonchev–Trinajstić information content (AvgIpc) is 2.93. The lowest BCUT2D eigenvalue weighted by Crippen LogP contribution is -2.13. The van der Waals surface area contributed by atoms with Crippen LogP contribution in [0.5, 0.6) is 0 Å². The lowest BCUT2D eigenvalue weighted by Gasteiger charge is -2.17. The largest absolute Gasteiger partial charge is 0.310 e. The minimum Gasteiger partial charge on any atom is -0.310 e. The van der Waals surface area contributed by atoms with Crippen LogP contribution in [0.15, 0.2) is 53.4 Å². The van der Waals surface area contributed by atoms with Crippen molar-refractivity contribution in [3.05, 3.63) is 54.1 Å². The predicted octanol–water partition coefficient (Wildman–Crippen LogP) is 4.07. The minimum atomic E-state index is 0.495. The second kappa shape index (κ2) is 5.17. The fourth-order valence-corrected chi connectivity index (χ4v) is 2.98. The number of thiol groups is 1. The van der Waals surface area contributed by atoms with E-state index in [1.54, 1.807) is 0 Å². The maximum absolute atomic E-state index is 4.58. The van der Waals surface area contributed by atoms with E-state index >= 15 is 0 Å². The summed E-state index contributed by atoms with van der Waals surface area (Å²) in [6.45, 7) is 1.13. The van der Waals surface area contributed by atoms with Crippen molar-refractivity contribution in [1.82, 2.24) is 5.32 Å². The zero-order chi connectivity index (χ0) is 12.4. The number of nitrogens with one attached hydrogen (secondary N) is 1. The summed E-state index contributed by atoms with van der Waals surface area (Å²) in [6.07, 6.45) is 2.49. The van der Waals surface area contributed by atoms with Crippen LogP contribution in [0.4, 0.5) is 0 Å². The van der Waals surface area contributed by atoms with Crippen LogP contribution in [-0.2, 0) is 0 Å². The van der Waals surface area contributed by atoms with Crippen LogP contribution in [0.1, 0.15) is 24.4 Å². The molecule has 1 fully saturated rings. The van der Waals surface area contributed by atoms with Gasteiger partial charge in [-0.2, -0.15) is 0 Å². The summed E-state index contributed by atoms with van der Waals surface area (Å²) in [5, 5.41) is 3.58. The Morgan fingerprint density at radius 2 is 1.67 bits per heavy atom. The molecular weight excluding hydrogens is 238 g/mol. The van der Waals surface area contributed by atoms with Gasteiger partial charge in [-0.05, 0) is 42.1 Å². The fraction of sp³-hybridized carbons (Fsp3) is 0.250. The Morgan fingerprint density at radius 1 is 0.944 bits per heavy atom. The summed E-state index contributed by atoms with van der Waals surface area (Å²) in [5.41, 5.74) is 3.93. The second-order valence-electron chi connectivity index (χ2n) is 4.75. The third-order valence-electron chi connectivity index (χ3n) is 3.59. The Bertz CT molecular complexity index is 544. The monoisotopic (exact) mass is 255 g/mol. The molecule has 1 aliphatic rings. The first-order valence-electron chi connectivity index (χ1n) is 6.47. The van der Waals surface area contributed by atoms with Crippen LogP contribution < -0.4 is 5.32 Å². The van der Waals surface area contributed by atoms with Crippen molar-refractivity contribution in [2.45, 2.75) is 23.8 Å². The lowest BCUT2D eigenvalue weighted by molar-refractivity contribution is 0.649. The quantitative estimate of drug-likeness (QED) is 0.771. The summed E-state index contributed by atoms with van der Waals surface area (Å²) in [5.74, 6) is 0. The van der Waals surface area contributed by atoms with Gasteiger partial charge in [0.25, 0.3) is 0 Å². The molecule has 2 aromatic carbocycles. The summed E-state index contributed by atoms with van der Waals surface area (Å²) in [4.78, 5) is 1.04. The molecule has 2 aromatic rings. The Hall–Kier alpha value is -1.25. The first-order valence-corrected chi connectivity index (χ1v) is 6.91. The Balaban J connectivity index is 2.09. The van der Waals surface area contributed by atoms with Crippen molar-refractivity contribution >= 4 is 12.6 Å². The van der Waals surface area contributed by atoms with Gasteiger partial charge in [0.05, 0.1) is 0 Å². The summed E-state index contributed by atoms with van der Waals surface area (Å²) in [6, 6.07) is 17.5. The zero-order valence-corrected chi connectivity index (χ0v) is 11.2. The Kier molecular flexibility index (Phi) is 3.39. The van der Waals surface area contributed by atoms with Gasteiger partial charge >= 0.3 is 0 Å². The second-order valence-corrected chi connectivity index (χ2v) is 5.24. The number of benzene rings is 2. The van der Waals surface area contributed by atoms with Crippen molar-refractivity contribution in [1.29, 1.82) is 0 Å². The maximum atomic E-state index is 4.58. The number of hydrogen-bond donors (Lipinski definition) is 2. The molecule has 1 N–H and O–H groups in total. The lowest BCUT2D eigenvalue weighted by atomic mass is 9.94. The van der Waals surface area contributed by atoms with Crippen LogP contribution in [0.3, 0.4) is 0 Å². The van der Waals surface area contributed by atoms with E-state index in [9.17, 15) is 0 Å². The highest BCUT2D eigenvalue weighted by atomic mass is 32.1. The van der Waals surface area contributed by atoms with Crippen molar-refractivity contribution in [2.24, 2.45) is 0 Å². The van der Waals surface area contributed by atoms with E-state index in [4.69, 9.17) is 0 Å². The normalized spacial score (nSPS) is 19.1. The number of rotatable bonds is 2. The van der Waals surface area contributed by atoms with Gasteiger partial charge in [-0.3, -0.25) is 0 Å². The van der Waals surface area contributed by atoms with E-state index in [1.807, 2.05) is 6.07 Å². The summed E-state index contributed by atoms with van der Waals surface area (Å²) in [7, 11) is 0. The molecule has 1 saturated heterocycles. The highest BCUT2D eigenvalue weighted by Crippen LogP contribution is 2.34. The Morgan fingerprint density at radius 3 is 2.39 bits per heavy atom. The summed E-state index contributed by atoms with van der Waals surface area (Å²) >= 11 is 4.58. The molecule has 1 heterocycles. The van der Waals surface area contributed by atoms with Gasteiger partial charge in [-0.25, -0.2) is 0 Å². The standard InChI is InChI=1S/C16H17NS/c18-16-10-4-3-8-14(16)12-6-1-2-7-13(12)15-9-5-11-17-15/h1-4,6-8,10,15,17-18H,5,9,11H2. The molecule has 0 amide bonds. The highest BCUT2D eigenvalue weighted by molar-refractivity contribution is 7.80. The van der Waals surface area contributed by atoms with E-state index in [-0.39, 0.29) is 0 Å². The summed E-state index contributed by atoms with van der Waals surface area (Å²) < 4.78 is 0. The van der Waals surface area contributed by atoms with Crippen molar-refractivity contribution in [2.75, 3.05) is 6.54 Å². The molecule has 1 atom stereocenters. The van der Waals surface area contributed by atoms with Gasteiger partial charge in [0.2, 0.25) is 0 Å². The van der Waals surface area contributed by atoms with Gasteiger partial charge < -0.3 is 5.32 Å². The highest BCUT2D eigenvalue weighted by Gasteiger charge is 2.19. The van der Waals surface area contributed by atoms with Gasteiger partial charge in [-0.15, -0.1) is 12.6 Å². The van der Waals surface area contributed by atoms with Gasteiger partial charge in [0.15, 0.2) is 0 Å². The van der Waals surface area contributed by atoms with Gasteiger partial charge in [0, 0.05) is 10.9 Å². The van der Waals surface area contributed by atoms with Crippen LogP contribution in [0.2, 0.25) is 0 Å². The van der Waals surface area contributed by atoms with E-state index in [1.165, 1.54) is 29.5 Å². The topological polar surface area (TPSA) is 12.0 Å². The molecule has 3 rings (SSSR count). The van der Waals surface area contributed by atoms with Crippen LogP contribution in [-0.4, -0.2) is 6.54 Å². The molecule has 0 saturated carbocycles. The van der Waals surface area contributed by atoms with Crippen LogP contribution >= 0.6 is 12.6 Å². The third kappa shape index (κ3) is 2.18. The number of hydrogen-bond acceptors (Lipinski definition) is 2. The molecule has 0 bridgehead atoms. The zero-order valence-electron chi connectivity index (χ0n) is 10.3. The smallest absolute Gasteiger partial charge is 0.0326 e. The predicted molar refractivity (Wildman–Crippen MR) is 79.1 cm³/mol. The molecule has 1 nitrogen and oxygen atoms in total. The molecular formula is C16H17NS. The molecule has 0 aliphatic carbocycles. The molecule has 92 valence electrons. The first kappa shape index (κ1) is 11.8. The molecule has 0 radical (unpaired) electrons. The van der Waals surface area contributed by atoms with Crippen LogP contribution in [0.25, 0.3) is 11.1 Å². The average molecular weight is 255 g/mol. The van der Waals surface area contributed by atoms with Gasteiger partial charge in [-0.1, -0.05) is 42.5 Å².